The summed E-state index contributed by atoms with van der Waals surface area (Å²) in [6.07, 6.45) is 9.01. The minimum Gasteiger partial charge on any atom is -0.345 e. The molecule has 34 heavy (non-hydrogen) atoms. The average molecular weight is 460 g/mol. The van der Waals surface area contributed by atoms with Crippen molar-refractivity contribution in [1.82, 2.24) is 19.0 Å². The molecule has 1 saturated heterocycles. The number of halogens is 1. The topological polar surface area (TPSA) is 69.1 Å². The van der Waals surface area contributed by atoms with Crippen LogP contribution in [-0.4, -0.2) is 38.0 Å². The van der Waals surface area contributed by atoms with Crippen molar-refractivity contribution in [2.75, 3.05) is 13.1 Å². The van der Waals surface area contributed by atoms with E-state index in [9.17, 15) is 9.18 Å². The Kier molecular flexibility index (Phi) is 6.20. The Morgan fingerprint density at radius 3 is 2.74 bits per heavy atom. The standard InChI is InChI=1S/C27H30FN5O/c1-19-3-2-4-22-24(17-33(26(19)22)14-13-31-12-9-30-18-31)27(34)32-10-7-21(8-11-32)23-15-20(16-29)5-6-25(23)28/h2-6,9,12,15,17-18,21H,7-8,10-11,13-14,16,29H2,1H3. The first kappa shape index (κ1) is 22.3. The molecule has 2 aromatic carbocycles. The number of para-hydroxylation sites is 1. The van der Waals surface area contributed by atoms with E-state index in [1.807, 2.05) is 40.1 Å². The van der Waals surface area contributed by atoms with Gasteiger partial charge in [-0.25, -0.2) is 9.37 Å². The summed E-state index contributed by atoms with van der Waals surface area (Å²) in [5.41, 5.74) is 10.4. The number of carbonyl (C=O) groups excluding carboxylic acids is 1. The molecule has 1 fully saturated rings. The summed E-state index contributed by atoms with van der Waals surface area (Å²) in [7, 11) is 0. The number of likely N-dealkylation sites (tertiary alicyclic amines) is 1. The van der Waals surface area contributed by atoms with Crippen molar-refractivity contribution in [3.63, 3.8) is 0 Å². The fourth-order valence-electron chi connectivity index (χ4n) is 5.13. The number of hydrogen-bond acceptors (Lipinski definition) is 3. The number of fused-ring (bicyclic) bond motifs is 1. The lowest BCUT2D eigenvalue weighted by molar-refractivity contribution is 0.0714. The molecule has 4 aromatic rings. The van der Waals surface area contributed by atoms with Gasteiger partial charge in [-0.1, -0.05) is 30.3 Å². The van der Waals surface area contributed by atoms with Gasteiger partial charge in [0.15, 0.2) is 0 Å². The van der Waals surface area contributed by atoms with Crippen LogP contribution in [0.15, 0.2) is 61.3 Å². The van der Waals surface area contributed by atoms with Crippen LogP contribution >= 0.6 is 0 Å². The molecule has 0 bridgehead atoms. The number of imidazole rings is 1. The van der Waals surface area contributed by atoms with Crippen LogP contribution in [0.3, 0.4) is 0 Å². The first-order chi connectivity index (χ1) is 16.5. The van der Waals surface area contributed by atoms with E-state index in [0.717, 1.165) is 59.1 Å². The van der Waals surface area contributed by atoms with Crippen LogP contribution in [0.5, 0.6) is 0 Å². The molecule has 0 aliphatic carbocycles. The second-order valence-electron chi connectivity index (χ2n) is 9.13. The molecule has 176 valence electrons. The van der Waals surface area contributed by atoms with Crippen molar-refractivity contribution in [2.24, 2.45) is 5.73 Å². The maximum Gasteiger partial charge on any atom is 0.256 e. The number of rotatable bonds is 6. The molecule has 0 radical (unpaired) electrons. The molecule has 1 aliphatic heterocycles. The molecule has 3 heterocycles. The highest BCUT2D eigenvalue weighted by molar-refractivity contribution is 6.07. The number of amides is 1. The number of hydrogen-bond donors (Lipinski definition) is 1. The van der Waals surface area contributed by atoms with Crippen LogP contribution < -0.4 is 5.73 Å². The quantitative estimate of drug-likeness (QED) is 0.463. The van der Waals surface area contributed by atoms with Crippen LogP contribution in [0.4, 0.5) is 4.39 Å². The first-order valence-corrected chi connectivity index (χ1v) is 11.9. The van der Waals surface area contributed by atoms with Crippen molar-refractivity contribution in [3.8, 4) is 0 Å². The third-order valence-electron chi connectivity index (χ3n) is 7.01. The number of aryl methyl sites for hydroxylation is 3. The smallest absolute Gasteiger partial charge is 0.256 e. The average Bonchev–Trinajstić information content (AvgIpc) is 3.51. The van der Waals surface area contributed by atoms with Crippen LogP contribution in [0.2, 0.25) is 0 Å². The monoisotopic (exact) mass is 459 g/mol. The van der Waals surface area contributed by atoms with Gasteiger partial charge in [-0.05, 0) is 48.4 Å². The minimum atomic E-state index is -0.182. The van der Waals surface area contributed by atoms with Crippen LogP contribution in [0, 0.1) is 12.7 Å². The first-order valence-electron chi connectivity index (χ1n) is 11.9. The lowest BCUT2D eigenvalue weighted by Crippen LogP contribution is -2.38. The molecule has 7 heteroatoms. The van der Waals surface area contributed by atoms with E-state index in [4.69, 9.17) is 5.73 Å². The summed E-state index contributed by atoms with van der Waals surface area (Å²) in [6, 6.07) is 11.3. The number of nitrogens with zero attached hydrogens (tertiary/aromatic N) is 4. The van der Waals surface area contributed by atoms with Crippen molar-refractivity contribution < 1.29 is 9.18 Å². The largest absolute Gasteiger partial charge is 0.345 e. The maximum absolute atomic E-state index is 14.5. The van der Waals surface area contributed by atoms with Gasteiger partial charge in [0.25, 0.3) is 5.91 Å². The van der Waals surface area contributed by atoms with E-state index in [1.165, 1.54) is 6.07 Å². The molecule has 1 aliphatic rings. The fraction of sp³-hybridized carbons (Fsp3) is 0.333. The number of piperidine rings is 1. The predicted molar refractivity (Wildman–Crippen MR) is 131 cm³/mol. The van der Waals surface area contributed by atoms with Gasteiger partial charge in [0.05, 0.1) is 17.4 Å². The zero-order chi connectivity index (χ0) is 23.7. The van der Waals surface area contributed by atoms with E-state index < -0.39 is 0 Å². The van der Waals surface area contributed by atoms with Gasteiger partial charge in [-0.15, -0.1) is 0 Å². The highest BCUT2D eigenvalue weighted by Gasteiger charge is 2.28. The van der Waals surface area contributed by atoms with Crippen molar-refractivity contribution in [1.29, 1.82) is 0 Å². The Morgan fingerprint density at radius 2 is 2.00 bits per heavy atom. The number of aromatic nitrogens is 3. The van der Waals surface area contributed by atoms with Gasteiger partial charge in [-0.3, -0.25) is 4.79 Å². The lowest BCUT2D eigenvalue weighted by Gasteiger charge is -2.32. The van der Waals surface area contributed by atoms with Crippen molar-refractivity contribution in [3.05, 3.63) is 89.4 Å². The molecule has 0 spiro atoms. The Bertz CT molecular complexity index is 1300. The van der Waals surface area contributed by atoms with Crippen LogP contribution in [0.1, 0.15) is 45.8 Å². The second kappa shape index (κ2) is 9.43. The van der Waals surface area contributed by atoms with Crippen LogP contribution in [0.25, 0.3) is 10.9 Å². The molecular weight excluding hydrogens is 429 g/mol. The molecular formula is C27H30FN5O. The predicted octanol–water partition coefficient (Wildman–Crippen LogP) is 4.46. The summed E-state index contributed by atoms with van der Waals surface area (Å²) in [5, 5.41) is 0.986. The fourth-order valence-corrected chi connectivity index (χ4v) is 5.13. The normalized spacial score (nSPS) is 14.7. The molecule has 0 unspecified atom stereocenters. The highest BCUT2D eigenvalue weighted by atomic mass is 19.1. The zero-order valence-electron chi connectivity index (χ0n) is 19.5. The van der Waals surface area contributed by atoms with Gasteiger partial charge in [0.1, 0.15) is 5.82 Å². The number of benzene rings is 2. The Balaban J connectivity index is 1.35. The highest BCUT2D eigenvalue weighted by Crippen LogP contribution is 2.32. The van der Waals surface area contributed by atoms with Gasteiger partial charge >= 0.3 is 0 Å². The van der Waals surface area contributed by atoms with Gasteiger partial charge < -0.3 is 19.8 Å². The molecule has 0 saturated carbocycles. The lowest BCUT2D eigenvalue weighted by atomic mass is 9.88. The summed E-state index contributed by atoms with van der Waals surface area (Å²) < 4.78 is 18.7. The number of carbonyl (C=O) groups is 1. The van der Waals surface area contributed by atoms with Gasteiger partial charge in [-0.2, -0.15) is 0 Å². The zero-order valence-corrected chi connectivity index (χ0v) is 19.5. The van der Waals surface area contributed by atoms with E-state index >= 15 is 0 Å². The van der Waals surface area contributed by atoms with Gasteiger partial charge in [0, 0.05) is 56.7 Å². The molecule has 5 rings (SSSR count). The van der Waals surface area contributed by atoms with Crippen molar-refractivity contribution >= 4 is 16.8 Å². The SMILES string of the molecule is Cc1cccc2c(C(=O)N3CCC(c4cc(CN)ccc4F)CC3)cn(CCn3ccnc3)c12. The maximum atomic E-state index is 14.5. The third-order valence-corrected chi connectivity index (χ3v) is 7.01. The summed E-state index contributed by atoms with van der Waals surface area (Å²) in [6.45, 7) is 5.25. The Morgan fingerprint density at radius 1 is 1.18 bits per heavy atom. The van der Waals surface area contributed by atoms with Gasteiger partial charge in [0.2, 0.25) is 0 Å². The summed E-state index contributed by atoms with van der Waals surface area (Å²) >= 11 is 0. The molecule has 2 aromatic heterocycles. The third kappa shape index (κ3) is 4.23. The molecule has 2 N–H and O–H groups in total. The molecule has 0 atom stereocenters. The second-order valence-corrected chi connectivity index (χ2v) is 9.13. The summed E-state index contributed by atoms with van der Waals surface area (Å²) in [4.78, 5) is 19.6. The molecule has 1 amide bonds. The number of nitrogens with two attached hydrogens (primary N) is 1. The van der Waals surface area contributed by atoms with E-state index in [2.05, 4.69) is 22.5 Å². The molecule has 6 nitrogen and oxygen atoms in total. The Labute approximate surface area is 198 Å². The van der Waals surface area contributed by atoms with E-state index in [1.54, 1.807) is 18.6 Å². The van der Waals surface area contributed by atoms with Crippen molar-refractivity contribution in [2.45, 2.75) is 45.3 Å². The van der Waals surface area contributed by atoms with E-state index in [-0.39, 0.29) is 17.6 Å². The van der Waals surface area contributed by atoms with Crippen LogP contribution in [-0.2, 0) is 19.6 Å². The van der Waals surface area contributed by atoms with E-state index in [0.29, 0.717) is 19.6 Å². The Hall–Kier alpha value is -3.45. The minimum absolute atomic E-state index is 0.0478. The summed E-state index contributed by atoms with van der Waals surface area (Å²) in [5.74, 6) is -0.0284.